The lowest BCUT2D eigenvalue weighted by atomic mass is 9.90. The van der Waals surface area contributed by atoms with Crippen molar-refractivity contribution >= 4 is 10.9 Å². The number of aryl methyl sites for hydroxylation is 2. The highest BCUT2D eigenvalue weighted by Gasteiger charge is 2.25. The second kappa shape index (κ2) is 7.45. The Hall–Kier alpha value is -2.98. The highest BCUT2D eigenvalue weighted by molar-refractivity contribution is 5.89. The van der Waals surface area contributed by atoms with Crippen LogP contribution in [0.1, 0.15) is 54.4 Å². The molecule has 2 aromatic carbocycles. The molecule has 5 rings (SSSR count). The van der Waals surface area contributed by atoms with Gasteiger partial charge in [0.05, 0.1) is 11.9 Å². The third kappa shape index (κ3) is 3.45. The molecule has 0 fully saturated rings. The van der Waals surface area contributed by atoms with Crippen LogP contribution in [0.3, 0.4) is 0 Å². The van der Waals surface area contributed by atoms with Gasteiger partial charge in [-0.15, -0.1) is 0 Å². The zero-order chi connectivity index (χ0) is 19.8. The second-order valence-electron chi connectivity index (χ2n) is 8.11. The molecule has 0 aliphatic heterocycles. The first-order valence-corrected chi connectivity index (χ1v) is 10.4. The minimum absolute atomic E-state index is 0.319. The van der Waals surface area contributed by atoms with Crippen LogP contribution in [0.4, 0.5) is 0 Å². The summed E-state index contributed by atoms with van der Waals surface area (Å²) in [5.74, 6) is 0. The third-order valence-electron chi connectivity index (χ3n) is 6.07. The van der Waals surface area contributed by atoms with E-state index in [4.69, 9.17) is 0 Å². The Morgan fingerprint density at radius 1 is 1.07 bits per heavy atom. The number of fused-ring (bicyclic) bond motifs is 3. The van der Waals surface area contributed by atoms with Gasteiger partial charge in [0.1, 0.15) is 0 Å². The maximum Gasteiger partial charge on any atom is 0.0606 e. The van der Waals surface area contributed by atoms with Gasteiger partial charge < -0.3 is 10.3 Å². The number of aromatic amines is 1. The SMILES string of the molecule is Cc1cc(-c2ccc3[nH]c4c(c3c2)CCCC4N[C@H](C)c2ccccc2)cnn1. The fraction of sp³-hybridized carbons (Fsp3) is 0.280. The van der Waals surface area contributed by atoms with Crippen LogP contribution in [0.5, 0.6) is 0 Å². The predicted octanol–water partition coefficient (Wildman–Crippen LogP) is 5.66. The lowest BCUT2D eigenvalue weighted by Crippen LogP contribution is -2.27. The Morgan fingerprint density at radius 2 is 1.93 bits per heavy atom. The summed E-state index contributed by atoms with van der Waals surface area (Å²) in [5.41, 5.74) is 8.64. The van der Waals surface area contributed by atoms with Crippen LogP contribution >= 0.6 is 0 Å². The van der Waals surface area contributed by atoms with E-state index in [2.05, 4.69) is 82.0 Å². The molecule has 0 saturated heterocycles. The van der Waals surface area contributed by atoms with Crippen molar-refractivity contribution in [3.8, 4) is 11.1 Å². The number of H-pyrrole nitrogens is 1. The Kier molecular flexibility index (Phi) is 4.64. The summed E-state index contributed by atoms with van der Waals surface area (Å²) in [6, 6.07) is 20.2. The fourth-order valence-corrected chi connectivity index (χ4v) is 4.58. The van der Waals surface area contributed by atoms with Crippen molar-refractivity contribution in [1.82, 2.24) is 20.5 Å². The number of nitrogens with one attached hydrogen (secondary N) is 2. The fourth-order valence-electron chi connectivity index (χ4n) is 4.58. The Labute approximate surface area is 171 Å². The Morgan fingerprint density at radius 3 is 2.76 bits per heavy atom. The summed E-state index contributed by atoms with van der Waals surface area (Å²) in [6.07, 6.45) is 5.35. The van der Waals surface area contributed by atoms with Gasteiger partial charge in [-0.2, -0.15) is 10.2 Å². The van der Waals surface area contributed by atoms with Gasteiger partial charge in [0.25, 0.3) is 0 Å². The Bertz CT molecular complexity index is 1150. The first-order valence-electron chi connectivity index (χ1n) is 10.4. The Balaban J connectivity index is 1.50. The zero-order valence-electron chi connectivity index (χ0n) is 16.9. The smallest absolute Gasteiger partial charge is 0.0606 e. The monoisotopic (exact) mass is 382 g/mol. The van der Waals surface area contributed by atoms with Gasteiger partial charge >= 0.3 is 0 Å². The van der Waals surface area contributed by atoms with E-state index in [0.717, 1.165) is 24.1 Å². The van der Waals surface area contributed by atoms with Crippen molar-refractivity contribution in [2.24, 2.45) is 0 Å². The molecule has 1 aliphatic rings. The summed E-state index contributed by atoms with van der Waals surface area (Å²) < 4.78 is 0. The molecule has 0 radical (unpaired) electrons. The molecule has 29 heavy (non-hydrogen) atoms. The lowest BCUT2D eigenvalue weighted by molar-refractivity contribution is 0.410. The first kappa shape index (κ1) is 18.1. The van der Waals surface area contributed by atoms with Crippen LogP contribution in [-0.4, -0.2) is 15.2 Å². The van der Waals surface area contributed by atoms with E-state index in [1.165, 1.54) is 39.7 Å². The molecule has 4 heteroatoms. The molecule has 0 bridgehead atoms. The minimum Gasteiger partial charge on any atom is -0.357 e. The number of hydrogen-bond donors (Lipinski definition) is 2. The molecule has 0 spiro atoms. The molecule has 0 amide bonds. The maximum absolute atomic E-state index is 4.12. The second-order valence-corrected chi connectivity index (χ2v) is 8.11. The van der Waals surface area contributed by atoms with Crippen LogP contribution in [0, 0.1) is 6.92 Å². The van der Waals surface area contributed by atoms with Gasteiger partial charge in [0, 0.05) is 34.2 Å². The zero-order valence-corrected chi connectivity index (χ0v) is 16.9. The topological polar surface area (TPSA) is 53.6 Å². The van der Waals surface area contributed by atoms with Crippen LogP contribution in [-0.2, 0) is 6.42 Å². The molecule has 146 valence electrons. The molecule has 1 unspecified atom stereocenters. The maximum atomic E-state index is 4.12. The van der Waals surface area contributed by atoms with E-state index in [1.807, 2.05) is 13.1 Å². The van der Waals surface area contributed by atoms with Crippen molar-refractivity contribution in [3.05, 3.63) is 83.3 Å². The average molecular weight is 383 g/mol. The summed E-state index contributed by atoms with van der Waals surface area (Å²) >= 11 is 0. The molecular formula is C25H26N4. The number of nitrogens with zero attached hydrogens (tertiary/aromatic N) is 2. The summed E-state index contributed by atoms with van der Waals surface area (Å²) in [7, 11) is 0. The van der Waals surface area contributed by atoms with E-state index >= 15 is 0 Å². The van der Waals surface area contributed by atoms with E-state index in [9.17, 15) is 0 Å². The van der Waals surface area contributed by atoms with E-state index in [0.29, 0.717) is 12.1 Å². The lowest BCUT2D eigenvalue weighted by Gasteiger charge is -2.27. The highest BCUT2D eigenvalue weighted by Crippen LogP contribution is 2.37. The molecule has 2 atom stereocenters. The van der Waals surface area contributed by atoms with Gasteiger partial charge in [-0.05, 0) is 68.0 Å². The molecular weight excluding hydrogens is 356 g/mol. The minimum atomic E-state index is 0.319. The summed E-state index contributed by atoms with van der Waals surface area (Å²) in [6.45, 7) is 4.24. The van der Waals surface area contributed by atoms with Crippen molar-refractivity contribution in [1.29, 1.82) is 0 Å². The normalized spacial score (nSPS) is 17.2. The van der Waals surface area contributed by atoms with Crippen molar-refractivity contribution in [2.75, 3.05) is 0 Å². The standard InChI is InChI=1S/C25H26N4/c1-16-13-20(15-26-29-16)19-11-12-23-22(14-19)21-9-6-10-24(25(21)28-23)27-17(2)18-7-4-3-5-8-18/h3-5,7-8,11-15,17,24,27-28H,6,9-10H2,1-2H3/t17-,24?/m1/s1. The number of benzene rings is 2. The molecule has 2 N–H and O–H groups in total. The predicted molar refractivity (Wildman–Crippen MR) is 118 cm³/mol. The van der Waals surface area contributed by atoms with E-state index in [-0.39, 0.29) is 0 Å². The third-order valence-corrected chi connectivity index (χ3v) is 6.07. The van der Waals surface area contributed by atoms with Crippen molar-refractivity contribution in [2.45, 2.75) is 45.2 Å². The first-order chi connectivity index (χ1) is 14.2. The molecule has 2 aromatic heterocycles. The molecule has 2 heterocycles. The summed E-state index contributed by atoms with van der Waals surface area (Å²) in [5, 5.41) is 13.4. The van der Waals surface area contributed by atoms with Crippen molar-refractivity contribution < 1.29 is 0 Å². The number of hydrogen-bond acceptors (Lipinski definition) is 3. The molecule has 1 aliphatic carbocycles. The van der Waals surface area contributed by atoms with Crippen LogP contribution in [0.15, 0.2) is 60.8 Å². The summed E-state index contributed by atoms with van der Waals surface area (Å²) in [4.78, 5) is 3.72. The average Bonchev–Trinajstić information content (AvgIpc) is 3.13. The molecule has 0 saturated carbocycles. The van der Waals surface area contributed by atoms with Crippen molar-refractivity contribution in [3.63, 3.8) is 0 Å². The molecule has 4 aromatic rings. The van der Waals surface area contributed by atoms with E-state index < -0.39 is 0 Å². The van der Waals surface area contributed by atoms with Gasteiger partial charge in [-0.25, -0.2) is 0 Å². The van der Waals surface area contributed by atoms with Crippen LogP contribution in [0.25, 0.3) is 22.0 Å². The van der Waals surface area contributed by atoms with Gasteiger partial charge in [0.15, 0.2) is 0 Å². The molecule has 4 nitrogen and oxygen atoms in total. The number of rotatable bonds is 4. The van der Waals surface area contributed by atoms with Crippen LogP contribution in [0.2, 0.25) is 0 Å². The quantitative estimate of drug-likeness (QED) is 0.479. The largest absolute Gasteiger partial charge is 0.357 e. The van der Waals surface area contributed by atoms with Gasteiger partial charge in [-0.1, -0.05) is 36.4 Å². The highest BCUT2D eigenvalue weighted by atomic mass is 15.1. The van der Waals surface area contributed by atoms with Gasteiger partial charge in [-0.3, -0.25) is 0 Å². The van der Waals surface area contributed by atoms with E-state index in [1.54, 1.807) is 0 Å². The van der Waals surface area contributed by atoms with Crippen LogP contribution < -0.4 is 5.32 Å². The number of aromatic nitrogens is 3. The van der Waals surface area contributed by atoms with Gasteiger partial charge in [0.2, 0.25) is 0 Å².